The van der Waals surface area contributed by atoms with Crippen LogP contribution in [0, 0.1) is 0 Å². The summed E-state index contributed by atoms with van der Waals surface area (Å²) < 4.78 is 9.18. The number of hydrogen-bond acceptors (Lipinski definition) is 4. The number of benzene rings is 8. The second-order valence-corrected chi connectivity index (χ2v) is 27.1. The van der Waals surface area contributed by atoms with Crippen molar-refractivity contribution >= 4 is 72.6 Å². The second kappa shape index (κ2) is 18.8. The molecular weight excluding hydrogens is 902 g/mol. The Morgan fingerprint density at radius 1 is 0.268 bits per heavy atom. The van der Waals surface area contributed by atoms with E-state index >= 15 is 0 Å². The molecule has 8 aromatic carbocycles. The Morgan fingerprint density at radius 2 is 0.464 bits per heavy atom. The normalized spacial score (nSPS) is 11.1. The van der Waals surface area contributed by atoms with Crippen LogP contribution in [-0.2, 0) is 0 Å². The summed E-state index contributed by atoms with van der Waals surface area (Å²) in [4.78, 5) is 24.3. The Kier molecular flexibility index (Phi) is 12.9. The number of hydrogen-bond donors (Lipinski definition) is 0. The monoisotopic (exact) mass is 940 g/mol. The fraction of sp³-hybridized carbons (Fsp3) is 0. The van der Waals surface area contributed by atoms with Gasteiger partial charge < -0.3 is 10.2 Å². The molecule has 1 aliphatic carbocycles. The molecular formula is C50H36O4Sn2. The summed E-state index contributed by atoms with van der Waals surface area (Å²) in [6.07, 6.45) is 0. The molecule has 0 aliphatic heterocycles. The van der Waals surface area contributed by atoms with Gasteiger partial charge in [0.15, 0.2) is 11.6 Å². The molecule has 0 radical (unpaired) electrons. The van der Waals surface area contributed by atoms with Crippen molar-refractivity contribution in [3.05, 3.63) is 241 Å². The minimum atomic E-state index is -1.98. The third-order valence-corrected chi connectivity index (χ3v) is 25.0. The molecule has 56 heavy (non-hydrogen) atoms. The summed E-state index contributed by atoms with van der Waals surface area (Å²) in [6, 6.07) is 74.1. The molecule has 0 spiro atoms. The fourth-order valence-electron chi connectivity index (χ4n) is 6.79. The van der Waals surface area contributed by atoms with Crippen molar-refractivity contribution in [1.82, 2.24) is 0 Å². The van der Waals surface area contributed by atoms with Crippen LogP contribution in [0.4, 0.5) is 0 Å². The Bertz CT molecular complexity index is 2150. The van der Waals surface area contributed by atoms with E-state index in [9.17, 15) is 19.8 Å². The van der Waals surface area contributed by atoms with Crippen molar-refractivity contribution in [2.45, 2.75) is 0 Å². The van der Waals surface area contributed by atoms with Crippen LogP contribution in [0.1, 0.15) is 31.8 Å². The zero-order valence-corrected chi connectivity index (χ0v) is 36.1. The summed E-state index contributed by atoms with van der Waals surface area (Å²) in [7, 11) is 0. The molecule has 0 atom stereocenters. The molecule has 268 valence electrons. The van der Waals surface area contributed by atoms with E-state index in [0.29, 0.717) is 0 Å². The first-order chi connectivity index (χ1) is 27.5. The van der Waals surface area contributed by atoms with Crippen LogP contribution < -0.4 is 31.7 Å². The Labute approximate surface area is 341 Å². The maximum atomic E-state index is 12.1. The van der Waals surface area contributed by atoms with Gasteiger partial charge in [0.25, 0.3) is 0 Å². The Balaban J connectivity index is 0.000000129. The quantitative estimate of drug-likeness (QED) is 0.220. The standard InChI is InChI=1S/C14H8O4.6C6H5.2Sn/c15-9-5-6-10(16)12-11(9)13(17)7-3-1-2-4-8(7)14(12)18;6*1-2-4-6-5-3-1;;/h1-6,15-16H;6*1-5H;;/q;;;;;;;2*+1/p-2. The van der Waals surface area contributed by atoms with E-state index in [4.69, 9.17) is 0 Å². The van der Waals surface area contributed by atoms with Gasteiger partial charge in [-0.2, -0.15) is 0 Å². The molecule has 0 saturated carbocycles. The summed E-state index contributed by atoms with van der Waals surface area (Å²) in [5.41, 5.74) is -0.243. The molecule has 1 aliphatic rings. The summed E-state index contributed by atoms with van der Waals surface area (Å²) in [5, 5.41) is 23.3. The summed E-state index contributed by atoms with van der Waals surface area (Å²) in [6.45, 7) is 0. The molecule has 4 nitrogen and oxygen atoms in total. The maximum absolute atomic E-state index is 12.1. The van der Waals surface area contributed by atoms with Gasteiger partial charge in [0.2, 0.25) is 0 Å². The van der Waals surface area contributed by atoms with Gasteiger partial charge in [-0.3, -0.25) is 9.59 Å². The van der Waals surface area contributed by atoms with E-state index in [-0.39, 0.29) is 22.3 Å². The van der Waals surface area contributed by atoms with Gasteiger partial charge in [0.05, 0.1) is 0 Å². The zero-order valence-electron chi connectivity index (χ0n) is 30.4. The van der Waals surface area contributed by atoms with Crippen LogP contribution in [0.3, 0.4) is 0 Å². The molecule has 0 N–H and O–H groups in total. The molecule has 6 heteroatoms. The van der Waals surface area contributed by atoms with Gasteiger partial charge in [-0.25, -0.2) is 0 Å². The van der Waals surface area contributed by atoms with Crippen molar-refractivity contribution in [1.29, 1.82) is 0 Å². The average Bonchev–Trinajstić information content (AvgIpc) is 3.27. The SMILES string of the molecule is O=C1c2ccccc2C(=O)c2c([O-])ccc([O-])c21.c1cc[c]([Sn+]([c]2ccccc2)[c]2ccccc2)cc1.c1cc[c]([Sn+]([c]2ccccc2)[c]2ccccc2)cc1. The van der Waals surface area contributed by atoms with Gasteiger partial charge in [-0.15, -0.1) is 0 Å². The fourth-order valence-corrected chi connectivity index (χ4v) is 21.5. The number of fused-ring (bicyclic) bond motifs is 2. The van der Waals surface area contributed by atoms with Crippen LogP contribution in [-0.4, -0.2) is 51.1 Å². The predicted octanol–water partition coefficient (Wildman–Crippen LogP) is 5.01. The van der Waals surface area contributed by atoms with Crippen molar-refractivity contribution in [2.75, 3.05) is 0 Å². The molecule has 8 aromatic rings. The first kappa shape index (κ1) is 38.6. The predicted molar refractivity (Wildman–Crippen MR) is 227 cm³/mol. The van der Waals surface area contributed by atoms with Gasteiger partial charge in [0.1, 0.15) is 0 Å². The first-order valence-corrected chi connectivity index (χ1v) is 26.8. The van der Waals surface area contributed by atoms with Crippen molar-refractivity contribution < 1.29 is 19.8 Å². The molecule has 0 saturated heterocycles. The Morgan fingerprint density at radius 3 is 0.679 bits per heavy atom. The zero-order chi connectivity index (χ0) is 38.7. The van der Waals surface area contributed by atoms with Crippen LogP contribution in [0.5, 0.6) is 11.5 Å². The van der Waals surface area contributed by atoms with Crippen LogP contribution in [0.2, 0.25) is 0 Å². The third-order valence-electron chi connectivity index (χ3n) is 9.37. The molecule has 0 amide bonds. The van der Waals surface area contributed by atoms with E-state index in [1.807, 2.05) is 0 Å². The van der Waals surface area contributed by atoms with Crippen molar-refractivity contribution in [3.63, 3.8) is 0 Å². The molecule has 9 rings (SSSR count). The van der Waals surface area contributed by atoms with E-state index in [0.717, 1.165) is 12.1 Å². The second-order valence-electron chi connectivity index (χ2n) is 13.0. The van der Waals surface area contributed by atoms with E-state index in [2.05, 4.69) is 182 Å². The van der Waals surface area contributed by atoms with Crippen LogP contribution >= 0.6 is 0 Å². The number of carbonyl (C=O) groups is 2. The molecule has 0 aromatic heterocycles. The van der Waals surface area contributed by atoms with Gasteiger partial charge in [-0.05, 0) is 0 Å². The Hall–Kier alpha value is -5.70. The molecule has 0 bridgehead atoms. The molecule has 0 unspecified atom stereocenters. The average molecular weight is 938 g/mol. The molecule has 0 fully saturated rings. The van der Waals surface area contributed by atoms with Crippen LogP contribution in [0.25, 0.3) is 0 Å². The minimum absolute atomic E-state index is 0.178. The van der Waals surface area contributed by atoms with E-state index < -0.39 is 62.6 Å². The number of ketones is 2. The molecule has 0 heterocycles. The van der Waals surface area contributed by atoms with Gasteiger partial charge in [-0.1, -0.05) is 47.9 Å². The topological polar surface area (TPSA) is 80.3 Å². The van der Waals surface area contributed by atoms with Crippen LogP contribution in [0.15, 0.2) is 218 Å². The van der Waals surface area contributed by atoms with Gasteiger partial charge >= 0.3 is 243 Å². The number of carbonyl (C=O) groups excluding carboxylic acids is 2. The van der Waals surface area contributed by atoms with E-state index in [1.54, 1.807) is 12.1 Å². The van der Waals surface area contributed by atoms with Crippen molar-refractivity contribution in [2.24, 2.45) is 0 Å². The summed E-state index contributed by atoms with van der Waals surface area (Å²) >= 11 is -3.96. The summed E-state index contributed by atoms with van der Waals surface area (Å²) in [5.74, 6) is -2.28. The van der Waals surface area contributed by atoms with Gasteiger partial charge in [0, 0.05) is 22.3 Å². The van der Waals surface area contributed by atoms with Crippen molar-refractivity contribution in [3.8, 4) is 11.5 Å². The third kappa shape index (κ3) is 8.88. The number of rotatable bonds is 6. The first-order valence-electron chi connectivity index (χ1n) is 18.3. The van der Waals surface area contributed by atoms with E-state index in [1.165, 1.54) is 33.6 Å².